The van der Waals surface area contributed by atoms with Crippen LogP contribution in [0.25, 0.3) is 0 Å². The Kier molecular flexibility index (Phi) is 5.72. The Bertz CT molecular complexity index is 541. The van der Waals surface area contributed by atoms with E-state index in [4.69, 9.17) is 0 Å². The van der Waals surface area contributed by atoms with Gasteiger partial charge in [0.2, 0.25) is 0 Å². The molecule has 0 atom stereocenters. The zero-order valence-electron chi connectivity index (χ0n) is 11.4. The molecule has 0 saturated heterocycles. The second-order valence-corrected chi connectivity index (χ2v) is 4.69. The van der Waals surface area contributed by atoms with Crippen LogP contribution >= 0.6 is 0 Å². The maximum Gasteiger partial charge on any atom is 0.332 e. The largest absolute Gasteiger partial charge is 0.478 e. The molecule has 0 heterocycles. The first-order chi connectivity index (χ1) is 9.41. The van der Waals surface area contributed by atoms with Gasteiger partial charge >= 0.3 is 11.9 Å². The van der Waals surface area contributed by atoms with E-state index in [2.05, 4.69) is 6.58 Å². The van der Waals surface area contributed by atoms with Crippen LogP contribution in [0.1, 0.15) is 25.3 Å². The monoisotopic (exact) mass is 274 g/mol. The van der Waals surface area contributed by atoms with E-state index in [9.17, 15) is 19.8 Å². The minimum absolute atomic E-state index is 0.0515. The molecule has 0 radical (unpaired) electrons. The van der Waals surface area contributed by atoms with Crippen LogP contribution in [0.2, 0.25) is 0 Å². The van der Waals surface area contributed by atoms with Crippen molar-refractivity contribution in [3.63, 3.8) is 0 Å². The summed E-state index contributed by atoms with van der Waals surface area (Å²) in [6.45, 7) is 5.50. The summed E-state index contributed by atoms with van der Waals surface area (Å²) in [5, 5.41) is 18.5. The first-order valence-corrected chi connectivity index (χ1v) is 6.28. The fourth-order valence-electron chi connectivity index (χ4n) is 1.84. The molecule has 0 bridgehead atoms. The van der Waals surface area contributed by atoms with Gasteiger partial charge in [-0.25, -0.2) is 9.59 Å². The van der Waals surface area contributed by atoms with E-state index >= 15 is 0 Å². The third-order valence-electron chi connectivity index (χ3n) is 2.91. The van der Waals surface area contributed by atoms with E-state index < -0.39 is 11.9 Å². The molecule has 0 spiro atoms. The third-order valence-corrected chi connectivity index (χ3v) is 2.91. The smallest absolute Gasteiger partial charge is 0.332 e. The second-order valence-electron chi connectivity index (χ2n) is 4.69. The molecule has 0 aromatic heterocycles. The van der Waals surface area contributed by atoms with E-state index in [0.717, 1.165) is 11.1 Å². The number of carbonyl (C=O) groups is 2. The highest BCUT2D eigenvalue weighted by molar-refractivity contribution is 5.99. The lowest BCUT2D eigenvalue weighted by atomic mass is 9.96. The number of allylic oxidation sites excluding steroid dienone is 1. The van der Waals surface area contributed by atoms with Gasteiger partial charge in [-0.2, -0.15) is 0 Å². The minimum atomic E-state index is -1.19. The number of carboxylic acid groups (broad SMARTS) is 2. The van der Waals surface area contributed by atoms with E-state index in [1.807, 2.05) is 6.07 Å². The van der Waals surface area contributed by atoms with Crippen molar-refractivity contribution < 1.29 is 19.8 Å². The minimum Gasteiger partial charge on any atom is -0.478 e. The lowest BCUT2D eigenvalue weighted by Crippen LogP contribution is -2.13. The molecule has 0 unspecified atom stereocenters. The number of rotatable bonds is 7. The summed E-state index contributed by atoms with van der Waals surface area (Å²) in [6, 6.07) is 8.97. The molecular weight excluding hydrogens is 256 g/mol. The van der Waals surface area contributed by atoms with Gasteiger partial charge in [-0.05, 0) is 25.3 Å². The Labute approximate surface area is 118 Å². The summed E-state index contributed by atoms with van der Waals surface area (Å²) in [4.78, 5) is 22.6. The van der Waals surface area contributed by atoms with Gasteiger partial charge in [0, 0.05) is 12.0 Å². The molecule has 1 aromatic rings. The quantitative estimate of drug-likeness (QED) is 0.592. The van der Waals surface area contributed by atoms with Gasteiger partial charge in [-0.3, -0.25) is 0 Å². The van der Waals surface area contributed by atoms with E-state index in [-0.39, 0.29) is 24.0 Å². The zero-order chi connectivity index (χ0) is 15.1. The van der Waals surface area contributed by atoms with E-state index in [1.165, 1.54) is 0 Å². The van der Waals surface area contributed by atoms with Gasteiger partial charge in [-0.1, -0.05) is 35.9 Å². The van der Waals surface area contributed by atoms with Gasteiger partial charge < -0.3 is 10.2 Å². The molecule has 0 aliphatic carbocycles. The molecule has 4 heteroatoms. The summed E-state index contributed by atoms with van der Waals surface area (Å²) < 4.78 is 0. The molecule has 0 aliphatic heterocycles. The Balaban J connectivity index is 3.10. The van der Waals surface area contributed by atoms with Crippen LogP contribution in [0.15, 0.2) is 53.6 Å². The van der Waals surface area contributed by atoms with Crippen molar-refractivity contribution in [1.82, 2.24) is 0 Å². The van der Waals surface area contributed by atoms with Crippen LogP contribution in [0.4, 0.5) is 0 Å². The highest BCUT2D eigenvalue weighted by Crippen LogP contribution is 2.19. The molecule has 0 aliphatic rings. The van der Waals surface area contributed by atoms with Gasteiger partial charge in [-0.15, -0.1) is 6.58 Å². The maximum atomic E-state index is 11.4. The normalized spacial score (nSPS) is 11.7. The van der Waals surface area contributed by atoms with Crippen molar-refractivity contribution in [2.24, 2.45) is 0 Å². The summed E-state index contributed by atoms with van der Waals surface area (Å²) in [5.41, 5.74) is 1.49. The maximum absolute atomic E-state index is 11.4. The fraction of sp³-hybridized carbons (Fsp3) is 0.250. The van der Waals surface area contributed by atoms with Crippen LogP contribution in [0, 0.1) is 0 Å². The lowest BCUT2D eigenvalue weighted by Gasteiger charge is -2.09. The molecule has 1 aromatic carbocycles. The van der Waals surface area contributed by atoms with E-state index in [0.29, 0.717) is 6.42 Å². The lowest BCUT2D eigenvalue weighted by molar-refractivity contribution is -0.136. The molecule has 20 heavy (non-hydrogen) atoms. The van der Waals surface area contributed by atoms with Crippen LogP contribution in [0.3, 0.4) is 0 Å². The van der Waals surface area contributed by atoms with Crippen LogP contribution in [0.5, 0.6) is 0 Å². The average Bonchev–Trinajstić information content (AvgIpc) is 2.38. The highest BCUT2D eigenvalue weighted by atomic mass is 16.4. The standard InChI is InChI=1S/C16H18O4/c1-11(2)8-9-13(15(17)18)14(16(19)20)10-12-6-4-3-5-7-12/h3-7H,1,8-10H2,2H3,(H,17,18)(H,19,20)/b14-13+. The number of hydrogen-bond acceptors (Lipinski definition) is 2. The van der Waals surface area contributed by atoms with Crippen molar-refractivity contribution in [2.45, 2.75) is 26.2 Å². The fourth-order valence-corrected chi connectivity index (χ4v) is 1.84. The van der Waals surface area contributed by atoms with Gasteiger partial charge in [0.15, 0.2) is 0 Å². The van der Waals surface area contributed by atoms with Crippen molar-refractivity contribution >= 4 is 11.9 Å². The summed E-state index contributed by atoms with van der Waals surface area (Å²) in [7, 11) is 0. The molecular formula is C16H18O4. The van der Waals surface area contributed by atoms with Crippen LogP contribution in [-0.4, -0.2) is 22.2 Å². The Hall–Kier alpha value is -2.36. The predicted octanol–water partition coefficient (Wildman–Crippen LogP) is 3.05. The number of aliphatic carboxylic acids is 2. The van der Waals surface area contributed by atoms with Crippen LogP contribution in [-0.2, 0) is 16.0 Å². The molecule has 106 valence electrons. The summed E-state index contributed by atoms with van der Waals surface area (Å²) >= 11 is 0. The molecule has 1 rings (SSSR count). The van der Waals surface area contributed by atoms with Crippen LogP contribution < -0.4 is 0 Å². The molecule has 0 fully saturated rings. The predicted molar refractivity (Wildman–Crippen MR) is 76.5 cm³/mol. The third kappa shape index (κ3) is 4.72. The Morgan fingerprint density at radius 2 is 1.55 bits per heavy atom. The van der Waals surface area contributed by atoms with Crippen molar-refractivity contribution in [3.8, 4) is 0 Å². The topological polar surface area (TPSA) is 74.6 Å². The molecule has 0 amide bonds. The molecule has 4 nitrogen and oxygen atoms in total. The summed E-state index contributed by atoms with van der Waals surface area (Å²) in [5.74, 6) is -2.37. The molecule has 2 N–H and O–H groups in total. The van der Waals surface area contributed by atoms with Crippen molar-refractivity contribution in [1.29, 1.82) is 0 Å². The van der Waals surface area contributed by atoms with Crippen molar-refractivity contribution in [2.75, 3.05) is 0 Å². The van der Waals surface area contributed by atoms with Crippen molar-refractivity contribution in [3.05, 3.63) is 59.2 Å². The van der Waals surface area contributed by atoms with Gasteiger partial charge in [0.25, 0.3) is 0 Å². The number of benzene rings is 1. The van der Waals surface area contributed by atoms with Gasteiger partial charge in [0.1, 0.15) is 0 Å². The number of hydrogen-bond donors (Lipinski definition) is 2. The highest BCUT2D eigenvalue weighted by Gasteiger charge is 2.20. The van der Waals surface area contributed by atoms with E-state index in [1.54, 1.807) is 31.2 Å². The number of carboxylic acids is 2. The second kappa shape index (κ2) is 7.28. The Morgan fingerprint density at radius 1 is 1.00 bits per heavy atom. The Morgan fingerprint density at radius 3 is 2.00 bits per heavy atom. The first-order valence-electron chi connectivity index (χ1n) is 6.28. The average molecular weight is 274 g/mol. The molecule has 0 saturated carbocycles. The summed E-state index contributed by atoms with van der Waals surface area (Å²) in [6.07, 6.45) is 0.750. The zero-order valence-corrected chi connectivity index (χ0v) is 11.4. The first kappa shape index (κ1) is 15.7. The van der Waals surface area contributed by atoms with Gasteiger partial charge in [0.05, 0.1) is 5.57 Å². The SMILES string of the molecule is C=C(C)CC/C(C(=O)O)=C(/Cc1ccccc1)C(=O)O.